The molecule has 1 aromatic heterocycles. The maximum absolute atomic E-state index is 14.5. The normalized spacial score (nSPS) is 16.4. The summed E-state index contributed by atoms with van der Waals surface area (Å²) in [7, 11) is 3.03. The molecule has 0 spiro atoms. The zero-order valence-electron chi connectivity index (χ0n) is 25.5. The molecule has 6 rings (SSSR count). The lowest BCUT2D eigenvalue weighted by Crippen LogP contribution is -2.41. The van der Waals surface area contributed by atoms with E-state index < -0.39 is 29.4 Å². The summed E-state index contributed by atoms with van der Waals surface area (Å²) in [4.78, 5) is 61.2. The first-order valence-corrected chi connectivity index (χ1v) is 15.3. The predicted octanol–water partition coefficient (Wildman–Crippen LogP) is 3.17. The van der Waals surface area contributed by atoms with Gasteiger partial charge in [-0.15, -0.1) is 0 Å². The summed E-state index contributed by atoms with van der Waals surface area (Å²) in [5.41, 5.74) is 2.38. The number of nitrogens with one attached hydrogen (secondary N) is 1. The number of allylic oxidation sites excluding steroid dienone is 1. The first-order chi connectivity index (χ1) is 22.3. The maximum Gasteiger partial charge on any atom is 0.326 e. The van der Waals surface area contributed by atoms with Crippen molar-refractivity contribution in [1.29, 1.82) is 0 Å². The molecule has 4 aromatic rings. The first-order valence-electron chi connectivity index (χ1n) is 14.5. The lowest BCUT2D eigenvalue weighted by atomic mass is 9.94. The second-order valence-electron chi connectivity index (χ2n) is 10.4. The minimum Gasteiger partial charge on any atom is -0.497 e. The van der Waals surface area contributed by atoms with Crippen LogP contribution in [0.15, 0.2) is 93.9 Å². The molecule has 0 fully saturated rings. The molecular formula is C34H30N4O7S. The van der Waals surface area contributed by atoms with E-state index in [1.807, 2.05) is 6.07 Å². The smallest absolute Gasteiger partial charge is 0.326 e. The fraction of sp³-hybridized carbons (Fsp3) is 0.206. The number of rotatable bonds is 8. The molecule has 12 heteroatoms. The van der Waals surface area contributed by atoms with Crippen LogP contribution < -0.4 is 34.6 Å². The van der Waals surface area contributed by atoms with Crippen LogP contribution in [-0.2, 0) is 19.1 Å². The molecule has 0 aliphatic carbocycles. The summed E-state index contributed by atoms with van der Waals surface area (Å²) < 4.78 is 17.8. The molecule has 234 valence electrons. The van der Waals surface area contributed by atoms with Gasteiger partial charge in [0.15, 0.2) is 4.80 Å². The van der Waals surface area contributed by atoms with Crippen LogP contribution in [0.4, 0.5) is 11.4 Å². The van der Waals surface area contributed by atoms with E-state index >= 15 is 0 Å². The third-order valence-corrected chi connectivity index (χ3v) is 8.80. The molecule has 2 aliphatic rings. The number of nitrogens with zero attached hydrogens (tertiary/aromatic N) is 3. The molecule has 1 atom stereocenters. The average Bonchev–Trinajstić information content (AvgIpc) is 3.52. The van der Waals surface area contributed by atoms with Crippen molar-refractivity contribution in [3.8, 4) is 11.5 Å². The van der Waals surface area contributed by atoms with Gasteiger partial charge in [0, 0.05) is 22.9 Å². The zero-order chi connectivity index (χ0) is 32.5. The molecule has 2 amide bonds. The number of aromatic nitrogens is 1. The van der Waals surface area contributed by atoms with Crippen LogP contribution in [0.25, 0.3) is 5.57 Å². The monoisotopic (exact) mass is 638 g/mol. The molecule has 1 N–H and O–H groups in total. The Balaban J connectivity index is 1.58. The number of benzene rings is 3. The van der Waals surface area contributed by atoms with Crippen LogP contribution in [0.2, 0.25) is 0 Å². The zero-order valence-corrected chi connectivity index (χ0v) is 26.3. The Bertz CT molecular complexity index is 2100. The highest BCUT2D eigenvalue weighted by Crippen LogP contribution is 2.38. The van der Waals surface area contributed by atoms with Crippen molar-refractivity contribution in [2.45, 2.75) is 19.9 Å². The molecule has 0 bridgehead atoms. The topological polar surface area (TPSA) is 129 Å². The largest absolute Gasteiger partial charge is 0.497 e. The van der Waals surface area contributed by atoms with Crippen LogP contribution in [0.5, 0.6) is 11.5 Å². The standard InChI is InChI=1S/C34H30N4O7S/c1-5-45-26(39)18-37-24-14-10-9-13-22(24)28(32(37)41)30-33(42)38-29(23-16-15-21(43-3)17-25(23)44-4)27(19(2)35-34(38)46-30)31(40)36-20-11-7-6-8-12-20/h6-17,29H,5,18H2,1-4H3,(H,36,40)/b30-28+/t29-/m0/s1. The maximum atomic E-state index is 14.5. The Hall–Kier alpha value is -5.49. The summed E-state index contributed by atoms with van der Waals surface area (Å²) in [5.74, 6) is -0.594. The Morgan fingerprint density at radius 1 is 0.978 bits per heavy atom. The van der Waals surface area contributed by atoms with Crippen LogP contribution in [0, 0.1) is 0 Å². The van der Waals surface area contributed by atoms with Gasteiger partial charge in [0.05, 0.1) is 43.4 Å². The van der Waals surface area contributed by atoms with E-state index in [2.05, 4.69) is 5.32 Å². The Morgan fingerprint density at radius 3 is 2.43 bits per heavy atom. The molecule has 3 aromatic carbocycles. The van der Waals surface area contributed by atoms with Gasteiger partial charge in [0.25, 0.3) is 17.4 Å². The van der Waals surface area contributed by atoms with Gasteiger partial charge in [0.1, 0.15) is 28.6 Å². The van der Waals surface area contributed by atoms with E-state index in [1.165, 1.54) is 23.7 Å². The SMILES string of the molecule is CCOC(=O)CN1C(=O)/C(=c2/sc3n(c2=O)[C@@H](c2ccc(OC)cc2OC)C(C(=O)Nc2ccccc2)=C(C)N=3)c2ccccc21. The van der Waals surface area contributed by atoms with Crippen molar-refractivity contribution in [3.63, 3.8) is 0 Å². The number of hydrogen-bond acceptors (Lipinski definition) is 9. The number of esters is 1. The summed E-state index contributed by atoms with van der Waals surface area (Å²) in [5, 5.41) is 2.92. The van der Waals surface area contributed by atoms with E-state index in [-0.39, 0.29) is 28.8 Å². The van der Waals surface area contributed by atoms with Gasteiger partial charge in [-0.1, -0.05) is 47.7 Å². The van der Waals surface area contributed by atoms with Gasteiger partial charge in [-0.05, 0) is 44.2 Å². The second kappa shape index (κ2) is 12.5. The first kappa shape index (κ1) is 30.5. The lowest BCUT2D eigenvalue weighted by Gasteiger charge is -2.26. The quantitative estimate of drug-likeness (QED) is 0.294. The highest BCUT2D eigenvalue weighted by Gasteiger charge is 2.38. The number of fused-ring (bicyclic) bond motifs is 2. The highest BCUT2D eigenvalue weighted by atomic mass is 32.1. The fourth-order valence-corrected chi connectivity index (χ4v) is 6.85. The molecule has 46 heavy (non-hydrogen) atoms. The number of thiazole rings is 1. The van der Waals surface area contributed by atoms with Crippen molar-refractivity contribution in [2.24, 2.45) is 4.99 Å². The Morgan fingerprint density at radius 2 is 1.72 bits per heavy atom. The van der Waals surface area contributed by atoms with Gasteiger partial charge in [-0.3, -0.25) is 28.6 Å². The molecule has 2 aliphatic heterocycles. The van der Waals surface area contributed by atoms with Crippen LogP contribution >= 0.6 is 11.3 Å². The molecular weight excluding hydrogens is 608 g/mol. The Labute approximate surface area is 267 Å². The number of ether oxygens (including phenoxy) is 3. The predicted molar refractivity (Wildman–Crippen MR) is 173 cm³/mol. The number of para-hydroxylation sites is 2. The van der Waals surface area contributed by atoms with Crippen molar-refractivity contribution in [2.75, 3.05) is 37.6 Å². The van der Waals surface area contributed by atoms with Gasteiger partial charge in [-0.2, -0.15) is 0 Å². The fourth-order valence-electron chi connectivity index (χ4n) is 5.71. The molecule has 11 nitrogen and oxygen atoms in total. The Kier molecular flexibility index (Phi) is 8.29. The molecule has 0 saturated carbocycles. The number of amides is 2. The van der Waals surface area contributed by atoms with Crippen LogP contribution in [0.3, 0.4) is 0 Å². The van der Waals surface area contributed by atoms with Crippen molar-refractivity contribution < 1.29 is 28.6 Å². The van der Waals surface area contributed by atoms with Crippen LogP contribution in [-0.4, -0.2) is 49.7 Å². The summed E-state index contributed by atoms with van der Waals surface area (Å²) in [6, 6.07) is 20.1. The van der Waals surface area contributed by atoms with E-state index in [4.69, 9.17) is 19.2 Å². The third-order valence-electron chi connectivity index (χ3n) is 7.75. The molecule has 3 heterocycles. The van der Waals surface area contributed by atoms with Gasteiger partial charge in [0.2, 0.25) is 0 Å². The molecule has 0 saturated heterocycles. The van der Waals surface area contributed by atoms with Crippen molar-refractivity contribution in [1.82, 2.24) is 4.57 Å². The summed E-state index contributed by atoms with van der Waals surface area (Å²) >= 11 is 1.05. The number of hydrogen-bond donors (Lipinski definition) is 1. The van der Waals surface area contributed by atoms with Crippen LogP contribution in [0.1, 0.15) is 31.0 Å². The number of methoxy groups -OCH3 is 2. The van der Waals surface area contributed by atoms with Gasteiger partial charge >= 0.3 is 5.97 Å². The average molecular weight is 639 g/mol. The molecule has 0 radical (unpaired) electrons. The second-order valence-corrected chi connectivity index (χ2v) is 11.4. The third kappa shape index (κ3) is 5.26. The lowest BCUT2D eigenvalue weighted by molar-refractivity contribution is -0.142. The van der Waals surface area contributed by atoms with Crippen molar-refractivity contribution >= 4 is 46.1 Å². The van der Waals surface area contributed by atoms with Crippen molar-refractivity contribution in [3.05, 3.63) is 115 Å². The van der Waals surface area contributed by atoms with Gasteiger partial charge < -0.3 is 19.5 Å². The molecule has 0 unspecified atom stereocenters. The van der Waals surface area contributed by atoms with E-state index in [0.717, 1.165) is 11.3 Å². The summed E-state index contributed by atoms with van der Waals surface area (Å²) in [6.45, 7) is 3.26. The highest BCUT2D eigenvalue weighted by molar-refractivity contribution is 7.07. The van der Waals surface area contributed by atoms with E-state index in [9.17, 15) is 19.2 Å². The van der Waals surface area contributed by atoms with E-state index in [0.29, 0.717) is 44.5 Å². The minimum atomic E-state index is -0.961. The number of carbonyl (C=O) groups excluding carboxylic acids is 3. The number of anilines is 2. The minimum absolute atomic E-state index is 0.137. The van der Waals surface area contributed by atoms with E-state index in [1.54, 1.807) is 80.6 Å². The summed E-state index contributed by atoms with van der Waals surface area (Å²) in [6.07, 6.45) is 0. The van der Waals surface area contributed by atoms with Gasteiger partial charge in [-0.25, -0.2) is 4.99 Å². The number of carbonyl (C=O) groups is 3.